The molecule has 1 fully saturated rings. The molecule has 2 aliphatic rings. The lowest BCUT2D eigenvalue weighted by Crippen LogP contribution is -2.47. The number of likely N-dealkylation sites (tertiary alicyclic amines) is 1. The molecule has 0 aliphatic carbocycles. The second-order valence-corrected chi connectivity index (χ2v) is 7.95. The fourth-order valence-electron chi connectivity index (χ4n) is 3.77. The van der Waals surface area contributed by atoms with Crippen LogP contribution in [0.15, 0.2) is 41.4 Å². The average Bonchev–Trinajstić information content (AvgIpc) is 2.66. The van der Waals surface area contributed by atoms with Crippen molar-refractivity contribution in [2.45, 2.75) is 20.3 Å². The third-order valence-electron chi connectivity index (χ3n) is 5.35. The molecule has 0 radical (unpaired) electrons. The lowest BCUT2D eigenvalue weighted by atomic mass is 9.84. The fourth-order valence-corrected chi connectivity index (χ4v) is 3.96. The van der Waals surface area contributed by atoms with Crippen LogP contribution in [0.25, 0.3) is 0 Å². The van der Waals surface area contributed by atoms with E-state index in [0.29, 0.717) is 35.8 Å². The lowest BCUT2D eigenvalue weighted by molar-refractivity contribution is -0.117. The van der Waals surface area contributed by atoms with Crippen LogP contribution in [0.2, 0.25) is 5.02 Å². The third-order valence-corrected chi connectivity index (χ3v) is 5.76. The van der Waals surface area contributed by atoms with E-state index in [4.69, 9.17) is 16.6 Å². The summed E-state index contributed by atoms with van der Waals surface area (Å²) in [4.78, 5) is 32.2. The number of ketones is 1. The summed E-state index contributed by atoms with van der Waals surface area (Å²) in [6.45, 7) is 5.37. The minimum atomic E-state index is -0.260. The van der Waals surface area contributed by atoms with E-state index in [9.17, 15) is 9.59 Å². The van der Waals surface area contributed by atoms with Crippen LogP contribution in [-0.2, 0) is 4.79 Å². The number of aliphatic imine (C=N–C) groups is 1. The van der Waals surface area contributed by atoms with Gasteiger partial charge in [0.15, 0.2) is 5.78 Å². The molecule has 2 heterocycles. The Morgan fingerprint density at radius 3 is 2.86 bits per heavy atom. The highest BCUT2D eigenvalue weighted by atomic mass is 35.5. The number of halogens is 1. The Kier molecular flexibility index (Phi) is 5.04. The molecule has 0 bridgehead atoms. The zero-order valence-corrected chi connectivity index (χ0v) is 16.7. The van der Waals surface area contributed by atoms with Crippen molar-refractivity contribution in [1.29, 1.82) is 0 Å². The smallest absolute Gasteiger partial charge is 0.238 e. The van der Waals surface area contributed by atoms with E-state index in [2.05, 4.69) is 5.32 Å². The van der Waals surface area contributed by atoms with Crippen molar-refractivity contribution < 1.29 is 9.59 Å². The topological polar surface area (TPSA) is 61.8 Å². The van der Waals surface area contributed by atoms with Gasteiger partial charge >= 0.3 is 0 Å². The van der Waals surface area contributed by atoms with E-state index in [0.717, 1.165) is 22.5 Å². The van der Waals surface area contributed by atoms with Gasteiger partial charge in [-0.2, -0.15) is 0 Å². The summed E-state index contributed by atoms with van der Waals surface area (Å²) in [6, 6.07) is 11.3. The molecule has 2 aromatic rings. The Morgan fingerprint density at radius 2 is 2.07 bits per heavy atom. The Hall–Kier alpha value is -2.50. The van der Waals surface area contributed by atoms with Crippen LogP contribution in [-0.4, -0.2) is 41.9 Å². The quantitative estimate of drug-likeness (QED) is 0.847. The summed E-state index contributed by atoms with van der Waals surface area (Å²) in [5.41, 5.74) is 5.09. The third kappa shape index (κ3) is 3.73. The number of carbonyl (C=O) groups excluding carboxylic acids is 2. The van der Waals surface area contributed by atoms with E-state index < -0.39 is 0 Å². The molecule has 1 N–H and O–H groups in total. The zero-order chi connectivity index (χ0) is 19.8. The molecule has 1 amide bonds. The first-order valence-electron chi connectivity index (χ1n) is 9.41. The van der Waals surface area contributed by atoms with Gasteiger partial charge in [-0.3, -0.25) is 19.5 Å². The van der Waals surface area contributed by atoms with Crippen LogP contribution in [0.1, 0.15) is 27.9 Å². The minimum absolute atomic E-state index is 0.110. The number of nitrogens with one attached hydrogen (secondary N) is 1. The summed E-state index contributed by atoms with van der Waals surface area (Å²) in [6.07, 6.45) is 0.702. The number of benzene rings is 2. The summed E-state index contributed by atoms with van der Waals surface area (Å²) in [7, 11) is 0. The number of piperidine rings is 1. The van der Waals surface area contributed by atoms with Crippen LogP contribution in [0.5, 0.6) is 0 Å². The molecule has 1 saturated heterocycles. The van der Waals surface area contributed by atoms with Crippen molar-refractivity contribution in [3.63, 3.8) is 0 Å². The molecule has 4 rings (SSSR count). The predicted octanol–water partition coefficient (Wildman–Crippen LogP) is 4.19. The van der Waals surface area contributed by atoms with Crippen LogP contribution in [0.3, 0.4) is 0 Å². The first-order valence-corrected chi connectivity index (χ1v) is 9.79. The first-order chi connectivity index (χ1) is 13.4. The highest BCUT2D eigenvalue weighted by Gasteiger charge is 2.36. The number of fused-ring (bicyclic) bond motifs is 2. The number of hydrogen-bond donors (Lipinski definition) is 1. The normalized spacial score (nSPS) is 18.9. The van der Waals surface area contributed by atoms with Crippen LogP contribution in [0, 0.1) is 19.8 Å². The Balaban J connectivity index is 1.43. The molecule has 144 valence electrons. The van der Waals surface area contributed by atoms with Gasteiger partial charge in [-0.05, 0) is 50.1 Å². The number of hydrogen-bond acceptors (Lipinski definition) is 4. The SMILES string of the molecule is Cc1ccc2c(c1)C(=O)C1CN(CC(=O)Nc3ccc(C)c(Cl)c3)CCC1=N2. The van der Waals surface area contributed by atoms with Crippen molar-refractivity contribution in [2.75, 3.05) is 25.0 Å². The van der Waals surface area contributed by atoms with Crippen LogP contribution < -0.4 is 5.32 Å². The average molecular weight is 396 g/mol. The van der Waals surface area contributed by atoms with Gasteiger partial charge in [0, 0.05) is 35.1 Å². The maximum absolute atomic E-state index is 13.0. The van der Waals surface area contributed by atoms with Gasteiger partial charge in [0.25, 0.3) is 0 Å². The van der Waals surface area contributed by atoms with Crippen molar-refractivity contribution >= 4 is 40.4 Å². The van der Waals surface area contributed by atoms with Gasteiger partial charge in [0.2, 0.25) is 5.91 Å². The maximum atomic E-state index is 13.0. The minimum Gasteiger partial charge on any atom is -0.325 e. The summed E-state index contributed by atoms with van der Waals surface area (Å²) in [5.74, 6) is -0.261. The summed E-state index contributed by atoms with van der Waals surface area (Å²) < 4.78 is 0. The standard InChI is InChI=1S/C22H22ClN3O2/c1-13-3-6-19-16(9-13)22(28)17-11-26(8-7-20(17)25-19)12-21(27)24-15-5-4-14(2)18(23)10-15/h3-6,9-10,17H,7-8,11-12H2,1-2H3,(H,24,27). The number of amides is 1. The van der Waals surface area contributed by atoms with Gasteiger partial charge < -0.3 is 5.32 Å². The van der Waals surface area contributed by atoms with Gasteiger partial charge in [0.1, 0.15) is 0 Å². The van der Waals surface area contributed by atoms with E-state index in [1.807, 2.05) is 49.1 Å². The van der Waals surface area contributed by atoms with E-state index >= 15 is 0 Å². The molecule has 6 heteroatoms. The molecule has 5 nitrogen and oxygen atoms in total. The molecule has 0 spiro atoms. The number of carbonyl (C=O) groups is 2. The summed E-state index contributed by atoms with van der Waals surface area (Å²) >= 11 is 6.12. The molecule has 0 saturated carbocycles. The van der Waals surface area contributed by atoms with Gasteiger partial charge in [-0.1, -0.05) is 29.3 Å². The molecule has 1 unspecified atom stereocenters. The second-order valence-electron chi connectivity index (χ2n) is 7.54. The number of nitrogens with zero attached hydrogens (tertiary/aromatic N) is 2. The van der Waals surface area contributed by atoms with Crippen molar-refractivity contribution in [3.05, 3.63) is 58.1 Å². The molecule has 28 heavy (non-hydrogen) atoms. The summed E-state index contributed by atoms with van der Waals surface area (Å²) in [5, 5.41) is 3.51. The van der Waals surface area contributed by atoms with E-state index in [1.165, 1.54) is 0 Å². The van der Waals surface area contributed by atoms with Crippen molar-refractivity contribution in [2.24, 2.45) is 10.9 Å². The maximum Gasteiger partial charge on any atom is 0.238 e. The van der Waals surface area contributed by atoms with Crippen LogP contribution in [0.4, 0.5) is 11.4 Å². The van der Waals surface area contributed by atoms with Crippen molar-refractivity contribution in [1.82, 2.24) is 4.90 Å². The molecular weight excluding hydrogens is 374 g/mol. The fraction of sp³-hybridized carbons (Fsp3) is 0.318. The lowest BCUT2D eigenvalue weighted by Gasteiger charge is -2.34. The Morgan fingerprint density at radius 1 is 1.25 bits per heavy atom. The monoisotopic (exact) mass is 395 g/mol. The molecule has 2 aromatic carbocycles. The molecule has 0 aromatic heterocycles. The number of aryl methyl sites for hydroxylation is 2. The number of rotatable bonds is 3. The Bertz CT molecular complexity index is 999. The van der Waals surface area contributed by atoms with Crippen LogP contribution >= 0.6 is 11.6 Å². The molecular formula is C22H22ClN3O2. The number of Topliss-reactive ketones (excluding diaryl/α,β-unsaturated/α-hetero) is 1. The van der Waals surface area contributed by atoms with Gasteiger partial charge in [0.05, 0.1) is 18.2 Å². The van der Waals surface area contributed by atoms with Gasteiger partial charge in [-0.25, -0.2) is 0 Å². The van der Waals surface area contributed by atoms with Crippen molar-refractivity contribution in [3.8, 4) is 0 Å². The Labute approximate surface area is 169 Å². The van der Waals surface area contributed by atoms with Gasteiger partial charge in [-0.15, -0.1) is 0 Å². The highest BCUT2D eigenvalue weighted by Crippen LogP contribution is 2.32. The molecule has 1 atom stereocenters. The highest BCUT2D eigenvalue weighted by molar-refractivity contribution is 6.31. The second kappa shape index (κ2) is 7.49. The zero-order valence-electron chi connectivity index (χ0n) is 16.0. The first kappa shape index (κ1) is 18.8. The van der Waals surface area contributed by atoms with E-state index in [-0.39, 0.29) is 24.2 Å². The number of anilines is 1. The largest absolute Gasteiger partial charge is 0.325 e. The molecule has 2 aliphatic heterocycles. The van der Waals surface area contributed by atoms with E-state index in [1.54, 1.807) is 6.07 Å². The predicted molar refractivity (Wildman–Crippen MR) is 112 cm³/mol.